The molecule has 0 saturated carbocycles. The molecule has 0 radical (unpaired) electrons. The van der Waals surface area contributed by atoms with Crippen LogP contribution in [0.5, 0.6) is 0 Å². The Labute approximate surface area is 79.9 Å². The Morgan fingerprint density at radius 2 is 1.43 bits per heavy atom. The molecule has 0 aliphatic carbocycles. The summed E-state index contributed by atoms with van der Waals surface area (Å²) in [4.78, 5) is 0.948. The molecule has 1 heterocycles. The second-order valence-electron chi connectivity index (χ2n) is 4.13. The number of hydrogen-bond acceptors (Lipinski definition) is 2. The zero-order valence-corrected chi connectivity index (χ0v) is 8.48. The van der Waals surface area contributed by atoms with Crippen LogP contribution < -0.4 is 0 Å². The minimum absolute atomic E-state index is 0.0208. The number of nitrogens with zero attached hydrogens (tertiary/aromatic N) is 3. The molecule has 1 aromatic rings. The number of aromatic nitrogens is 3. The quantitative estimate of drug-likeness (QED) is 0.652. The van der Waals surface area contributed by atoms with Gasteiger partial charge in [-0.05, 0) is 0 Å². The molecule has 0 N–H and O–H groups in total. The highest BCUT2D eigenvalue weighted by Gasteiger charge is 2.41. The minimum atomic E-state index is -4.43. The molecule has 0 bridgehead atoms. The Kier molecular flexibility index (Phi) is 2.33. The van der Waals surface area contributed by atoms with Gasteiger partial charge in [0.2, 0.25) is 0 Å². The van der Waals surface area contributed by atoms with E-state index in [4.69, 9.17) is 0 Å². The van der Waals surface area contributed by atoms with E-state index in [9.17, 15) is 13.2 Å². The number of halogens is 3. The van der Waals surface area contributed by atoms with Crippen LogP contribution in [0.15, 0.2) is 0 Å². The van der Waals surface area contributed by atoms with Crippen LogP contribution in [-0.2, 0) is 18.6 Å². The molecule has 0 aliphatic rings. The maximum absolute atomic E-state index is 12.5. The van der Waals surface area contributed by atoms with E-state index >= 15 is 0 Å². The fourth-order valence-corrected chi connectivity index (χ4v) is 1.10. The molecule has 0 unspecified atom stereocenters. The molecule has 0 saturated heterocycles. The lowest BCUT2D eigenvalue weighted by Crippen LogP contribution is -2.19. The van der Waals surface area contributed by atoms with Gasteiger partial charge in [0, 0.05) is 12.5 Å². The van der Waals surface area contributed by atoms with Gasteiger partial charge in [-0.15, -0.1) is 5.10 Å². The molecule has 14 heavy (non-hydrogen) atoms. The maximum Gasteiger partial charge on any atom is 0.437 e. The molecular weight excluding hydrogens is 195 g/mol. The molecule has 0 aromatic carbocycles. The molecular formula is C8H12F3N3. The Bertz CT molecular complexity index is 301. The predicted octanol–water partition coefficient (Wildman–Crippen LogP) is 2.13. The lowest BCUT2D eigenvalue weighted by Gasteiger charge is -2.16. The van der Waals surface area contributed by atoms with Crippen molar-refractivity contribution in [2.24, 2.45) is 7.05 Å². The summed E-state index contributed by atoms with van der Waals surface area (Å²) in [5.41, 5.74) is -1.57. The average Bonchev–Trinajstić information content (AvgIpc) is 2.27. The van der Waals surface area contributed by atoms with E-state index in [1.165, 1.54) is 7.05 Å². The highest BCUT2D eigenvalue weighted by molar-refractivity contribution is 5.20. The third-order valence-electron chi connectivity index (χ3n) is 1.69. The number of alkyl halides is 3. The van der Waals surface area contributed by atoms with Gasteiger partial charge in [0.05, 0.1) is 0 Å². The lowest BCUT2D eigenvalue weighted by atomic mass is 9.90. The van der Waals surface area contributed by atoms with E-state index in [1.54, 1.807) is 20.8 Å². The molecule has 1 rings (SSSR count). The summed E-state index contributed by atoms with van der Waals surface area (Å²) in [6.45, 7) is 5.02. The maximum atomic E-state index is 12.5. The monoisotopic (exact) mass is 207 g/mol. The third kappa shape index (κ3) is 2.05. The van der Waals surface area contributed by atoms with E-state index in [1.807, 2.05) is 0 Å². The summed E-state index contributed by atoms with van der Waals surface area (Å²) >= 11 is 0. The van der Waals surface area contributed by atoms with Gasteiger partial charge in [0.15, 0.2) is 5.69 Å². The fourth-order valence-electron chi connectivity index (χ4n) is 1.10. The van der Waals surface area contributed by atoms with Crippen LogP contribution in [0.25, 0.3) is 0 Å². The highest BCUT2D eigenvalue weighted by atomic mass is 19.4. The van der Waals surface area contributed by atoms with Gasteiger partial charge < -0.3 is 0 Å². The van der Waals surface area contributed by atoms with Crippen molar-refractivity contribution in [3.63, 3.8) is 0 Å². The largest absolute Gasteiger partial charge is 0.437 e. The van der Waals surface area contributed by atoms with Crippen molar-refractivity contribution < 1.29 is 13.2 Å². The molecule has 0 aliphatic heterocycles. The molecule has 0 spiro atoms. The molecule has 80 valence electrons. The first-order valence-electron chi connectivity index (χ1n) is 4.11. The fraction of sp³-hybridized carbons (Fsp3) is 0.750. The summed E-state index contributed by atoms with van der Waals surface area (Å²) in [6, 6.07) is 0. The van der Waals surface area contributed by atoms with Gasteiger partial charge in [-0.1, -0.05) is 20.8 Å². The molecule has 6 heteroatoms. The average molecular weight is 207 g/mol. The highest BCUT2D eigenvalue weighted by Crippen LogP contribution is 2.34. The molecule has 1 aromatic heterocycles. The SMILES string of the molecule is Cn1nc(C(C)(C)C)c(C(F)(F)F)n1. The van der Waals surface area contributed by atoms with Crippen molar-refractivity contribution in [1.29, 1.82) is 0 Å². The van der Waals surface area contributed by atoms with Crippen LogP contribution in [0, 0.1) is 0 Å². The zero-order chi connectivity index (χ0) is 11.1. The third-order valence-corrected chi connectivity index (χ3v) is 1.69. The van der Waals surface area contributed by atoms with Crippen molar-refractivity contribution >= 4 is 0 Å². The van der Waals surface area contributed by atoms with Gasteiger partial charge in [0.25, 0.3) is 0 Å². The van der Waals surface area contributed by atoms with Crippen molar-refractivity contribution in [3.8, 4) is 0 Å². The summed E-state index contributed by atoms with van der Waals surface area (Å²) in [5.74, 6) is 0. The standard InChI is InChI=1S/C8H12F3N3/c1-7(2,3)5-6(8(9,10)11)13-14(4)12-5/h1-4H3. The van der Waals surface area contributed by atoms with Crippen LogP contribution >= 0.6 is 0 Å². The van der Waals surface area contributed by atoms with Crippen LogP contribution in [0.1, 0.15) is 32.2 Å². The van der Waals surface area contributed by atoms with Crippen LogP contribution in [-0.4, -0.2) is 15.0 Å². The van der Waals surface area contributed by atoms with Crippen LogP contribution in [0.4, 0.5) is 13.2 Å². The molecule has 3 nitrogen and oxygen atoms in total. The van der Waals surface area contributed by atoms with Gasteiger partial charge in [-0.3, -0.25) is 0 Å². The van der Waals surface area contributed by atoms with Crippen LogP contribution in [0.3, 0.4) is 0 Å². The summed E-state index contributed by atoms with van der Waals surface area (Å²) in [6.07, 6.45) is -4.43. The van der Waals surface area contributed by atoms with Crippen molar-refractivity contribution in [3.05, 3.63) is 11.4 Å². The van der Waals surface area contributed by atoms with E-state index < -0.39 is 17.3 Å². The normalized spacial score (nSPS) is 13.4. The van der Waals surface area contributed by atoms with Crippen molar-refractivity contribution in [2.45, 2.75) is 32.4 Å². The number of aryl methyl sites for hydroxylation is 1. The summed E-state index contributed by atoms with van der Waals surface area (Å²) in [5, 5.41) is 7.06. The van der Waals surface area contributed by atoms with Gasteiger partial charge >= 0.3 is 6.18 Å². The predicted molar refractivity (Wildman–Crippen MR) is 44.7 cm³/mol. The van der Waals surface area contributed by atoms with Gasteiger partial charge in [-0.2, -0.15) is 23.1 Å². The zero-order valence-electron chi connectivity index (χ0n) is 8.48. The molecule has 0 atom stereocenters. The lowest BCUT2D eigenvalue weighted by molar-refractivity contribution is -0.142. The minimum Gasteiger partial charge on any atom is -0.187 e. The number of hydrogen-bond donors (Lipinski definition) is 0. The summed E-state index contributed by atoms with van der Waals surface area (Å²) in [7, 11) is 1.38. The van der Waals surface area contributed by atoms with E-state index in [0.29, 0.717) is 0 Å². The Balaban J connectivity index is 3.31. The van der Waals surface area contributed by atoms with Gasteiger partial charge in [0.1, 0.15) is 5.69 Å². The van der Waals surface area contributed by atoms with E-state index in [0.717, 1.165) is 4.80 Å². The number of rotatable bonds is 0. The second-order valence-corrected chi connectivity index (χ2v) is 4.13. The van der Waals surface area contributed by atoms with E-state index in [2.05, 4.69) is 10.2 Å². The van der Waals surface area contributed by atoms with Crippen molar-refractivity contribution in [2.75, 3.05) is 0 Å². The molecule has 0 fully saturated rings. The summed E-state index contributed by atoms with van der Waals surface area (Å²) < 4.78 is 37.4. The Morgan fingerprint density at radius 1 is 1.00 bits per heavy atom. The first kappa shape index (κ1) is 11.0. The Morgan fingerprint density at radius 3 is 1.71 bits per heavy atom. The molecule has 0 amide bonds. The van der Waals surface area contributed by atoms with E-state index in [-0.39, 0.29) is 5.69 Å². The first-order valence-corrected chi connectivity index (χ1v) is 4.11. The first-order chi connectivity index (χ1) is 6.12. The second kappa shape index (κ2) is 2.96. The van der Waals surface area contributed by atoms with Crippen LogP contribution in [0.2, 0.25) is 0 Å². The topological polar surface area (TPSA) is 30.7 Å². The Hall–Kier alpha value is -1.07. The smallest absolute Gasteiger partial charge is 0.187 e. The van der Waals surface area contributed by atoms with Gasteiger partial charge in [-0.25, -0.2) is 0 Å². The van der Waals surface area contributed by atoms with Crippen molar-refractivity contribution in [1.82, 2.24) is 15.0 Å².